The number of hydrogen-bond donors (Lipinski definition) is 1. The van der Waals surface area contributed by atoms with E-state index < -0.39 is 6.43 Å². The predicted octanol–water partition coefficient (Wildman–Crippen LogP) is 3.83. The van der Waals surface area contributed by atoms with Gasteiger partial charge in [0.25, 0.3) is 6.43 Å². The highest BCUT2D eigenvalue weighted by atomic mass is 79.9. The number of fused-ring (bicyclic) bond motifs is 1. The van der Waals surface area contributed by atoms with Crippen molar-refractivity contribution in [1.82, 2.24) is 4.98 Å². The molecule has 16 heavy (non-hydrogen) atoms. The molecule has 2 N–H and O–H groups in total. The lowest BCUT2D eigenvalue weighted by Crippen LogP contribution is -1.97. The lowest BCUT2D eigenvalue weighted by atomic mass is 10.1. The maximum absolute atomic E-state index is 12.6. The fourth-order valence-corrected chi connectivity index (χ4v) is 1.95. The molecule has 5 heteroatoms. The summed E-state index contributed by atoms with van der Waals surface area (Å²) in [6.45, 7) is 1.87. The molecule has 0 aliphatic rings. The third kappa shape index (κ3) is 1.75. The first-order valence-electron chi connectivity index (χ1n) is 4.64. The minimum Gasteiger partial charge on any atom is -0.398 e. The Balaban J connectivity index is 2.83. The second-order valence-electron chi connectivity index (χ2n) is 3.53. The molecule has 0 unspecified atom stereocenters. The van der Waals surface area contributed by atoms with Crippen molar-refractivity contribution in [3.8, 4) is 0 Å². The van der Waals surface area contributed by atoms with Crippen LogP contribution in [0.25, 0.3) is 10.9 Å². The van der Waals surface area contributed by atoms with Crippen molar-refractivity contribution in [2.75, 3.05) is 5.73 Å². The van der Waals surface area contributed by atoms with Crippen molar-refractivity contribution in [3.05, 3.63) is 33.9 Å². The highest BCUT2D eigenvalue weighted by Crippen LogP contribution is 2.31. The van der Waals surface area contributed by atoms with Crippen molar-refractivity contribution >= 4 is 32.5 Å². The summed E-state index contributed by atoms with van der Waals surface area (Å²) in [5.41, 5.74) is 7.16. The number of rotatable bonds is 1. The van der Waals surface area contributed by atoms with E-state index in [1.807, 2.05) is 13.0 Å². The largest absolute Gasteiger partial charge is 0.398 e. The van der Waals surface area contributed by atoms with Crippen molar-refractivity contribution in [1.29, 1.82) is 0 Å². The Morgan fingerprint density at radius 3 is 2.69 bits per heavy atom. The molecule has 0 aliphatic heterocycles. The van der Waals surface area contributed by atoms with E-state index in [1.165, 1.54) is 6.07 Å². The lowest BCUT2D eigenvalue weighted by Gasteiger charge is -2.08. The molecule has 0 aliphatic carbocycles. The van der Waals surface area contributed by atoms with E-state index in [-0.39, 0.29) is 5.69 Å². The van der Waals surface area contributed by atoms with Crippen LogP contribution in [0.3, 0.4) is 0 Å². The molecule has 84 valence electrons. The molecule has 0 bridgehead atoms. The Hall–Kier alpha value is -1.23. The SMILES string of the molecule is Cc1ccc2c(N)cc(C(F)F)nc2c1Br. The maximum atomic E-state index is 12.6. The number of nitrogens with two attached hydrogens (primary N) is 1. The number of aromatic nitrogens is 1. The Kier molecular flexibility index (Phi) is 2.80. The number of hydrogen-bond acceptors (Lipinski definition) is 2. The summed E-state index contributed by atoms with van der Waals surface area (Å²) in [5, 5.41) is 0.682. The summed E-state index contributed by atoms with van der Waals surface area (Å²) < 4.78 is 25.9. The number of nitrogens with zero attached hydrogens (tertiary/aromatic N) is 1. The minimum absolute atomic E-state index is 0.295. The number of halogens is 3. The molecule has 0 atom stereocenters. The molecular formula is C11H9BrF2N2. The predicted molar refractivity (Wildman–Crippen MR) is 63.5 cm³/mol. The normalized spacial score (nSPS) is 11.3. The number of pyridine rings is 1. The third-order valence-corrected chi connectivity index (χ3v) is 3.39. The van der Waals surface area contributed by atoms with Gasteiger partial charge in [0.2, 0.25) is 0 Å². The maximum Gasteiger partial charge on any atom is 0.280 e. The summed E-state index contributed by atoms with van der Waals surface area (Å²) in [6.07, 6.45) is -2.61. The van der Waals surface area contributed by atoms with E-state index in [4.69, 9.17) is 5.73 Å². The Morgan fingerprint density at radius 2 is 2.06 bits per heavy atom. The van der Waals surface area contributed by atoms with Crippen LogP contribution in [0.1, 0.15) is 17.7 Å². The fourth-order valence-electron chi connectivity index (χ4n) is 1.52. The number of aryl methyl sites for hydroxylation is 1. The van der Waals surface area contributed by atoms with E-state index >= 15 is 0 Å². The smallest absolute Gasteiger partial charge is 0.280 e. The first-order chi connectivity index (χ1) is 7.50. The van der Waals surface area contributed by atoms with E-state index in [0.717, 1.165) is 5.56 Å². The van der Waals surface area contributed by atoms with Crippen molar-refractivity contribution < 1.29 is 8.78 Å². The van der Waals surface area contributed by atoms with Gasteiger partial charge < -0.3 is 5.73 Å². The van der Waals surface area contributed by atoms with Crippen LogP contribution in [0, 0.1) is 6.92 Å². The van der Waals surface area contributed by atoms with Crippen LogP contribution in [0.15, 0.2) is 22.7 Å². The topological polar surface area (TPSA) is 38.9 Å². The van der Waals surface area contributed by atoms with Gasteiger partial charge in [0.1, 0.15) is 5.69 Å². The number of nitrogen functional groups attached to an aromatic ring is 1. The van der Waals surface area contributed by atoms with Crippen molar-refractivity contribution in [2.45, 2.75) is 13.3 Å². The first-order valence-corrected chi connectivity index (χ1v) is 5.43. The summed E-state index contributed by atoms with van der Waals surface area (Å²) >= 11 is 3.34. The summed E-state index contributed by atoms with van der Waals surface area (Å²) in [6, 6.07) is 4.87. The Morgan fingerprint density at radius 1 is 1.38 bits per heavy atom. The number of benzene rings is 1. The van der Waals surface area contributed by atoms with E-state index in [9.17, 15) is 8.78 Å². The molecule has 1 aromatic carbocycles. The highest BCUT2D eigenvalue weighted by Gasteiger charge is 2.14. The third-order valence-electron chi connectivity index (χ3n) is 2.39. The molecule has 2 rings (SSSR count). The average molecular weight is 287 g/mol. The van der Waals surface area contributed by atoms with Crippen molar-refractivity contribution in [2.24, 2.45) is 0 Å². The second-order valence-corrected chi connectivity index (χ2v) is 4.32. The highest BCUT2D eigenvalue weighted by molar-refractivity contribution is 9.10. The van der Waals surface area contributed by atoms with Crippen LogP contribution >= 0.6 is 15.9 Å². The van der Waals surface area contributed by atoms with Gasteiger partial charge in [-0.25, -0.2) is 13.8 Å². The molecular weight excluding hydrogens is 278 g/mol. The Bertz CT molecular complexity index is 555. The quantitative estimate of drug-likeness (QED) is 0.865. The molecule has 1 aromatic heterocycles. The summed E-state index contributed by atoms with van der Waals surface area (Å²) in [4.78, 5) is 3.92. The molecule has 0 radical (unpaired) electrons. The molecule has 2 nitrogen and oxygen atoms in total. The number of alkyl halides is 2. The zero-order valence-electron chi connectivity index (χ0n) is 8.47. The first kappa shape index (κ1) is 11.3. The van der Waals surface area contributed by atoms with Crippen LogP contribution in [0.5, 0.6) is 0 Å². The van der Waals surface area contributed by atoms with Gasteiger partial charge in [-0.2, -0.15) is 0 Å². The van der Waals surface area contributed by atoms with Crippen LogP contribution in [-0.4, -0.2) is 4.98 Å². The lowest BCUT2D eigenvalue weighted by molar-refractivity contribution is 0.146. The van der Waals surface area contributed by atoms with Crippen LogP contribution in [-0.2, 0) is 0 Å². The van der Waals surface area contributed by atoms with Gasteiger partial charge in [-0.15, -0.1) is 0 Å². The second kappa shape index (κ2) is 3.97. The standard InChI is InChI=1S/C11H9BrF2N2/c1-5-2-3-6-7(15)4-8(11(13)14)16-10(6)9(5)12/h2-4,11H,1H3,(H2,15,16). The molecule has 0 saturated heterocycles. The molecule has 1 heterocycles. The van der Waals surface area contributed by atoms with Gasteiger partial charge in [0, 0.05) is 15.5 Å². The van der Waals surface area contributed by atoms with Gasteiger partial charge in [0.05, 0.1) is 5.52 Å². The minimum atomic E-state index is -2.61. The van der Waals surface area contributed by atoms with Gasteiger partial charge in [-0.1, -0.05) is 12.1 Å². The zero-order chi connectivity index (χ0) is 11.9. The van der Waals surface area contributed by atoms with Gasteiger partial charge in [-0.05, 0) is 34.5 Å². The van der Waals surface area contributed by atoms with Crippen LogP contribution in [0.4, 0.5) is 14.5 Å². The summed E-state index contributed by atoms with van der Waals surface area (Å²) in [7, 11) is 0. The van der Waals surface area contributed by atoms with E-state index in [1.54, 1.807) is 6.07 Å². The molecule has 0 fully saturated rings. The molecule has 0 spiro atoms. The summed E-state index contributed by atoms with van der Waals surface area (Å²) in [5.74, 6) is 0. The number of anilines is 1. The fraction of sp³-hybridized carbons (Fsp3) is 0.182. The Labute approximate surface area is 99.6 Å². The average Bonchev–Trinajstić information content (AvgIpc) is 2.23. The van der Waals surface area contributed by atoms with E-state index in [2.05, 4.69) is 20.9 Å². The molecule has 2 aromatic rings. The van der Waals surface area contributed by atoms with Gasteiger partial charge in [0.15, 0.2) is 0 Å². The van der Waals surface area contributed by atoms with Gasteiger partial charge in [-0.3, -0.25) is 0 Å². The molecule has 0 amide bonds. The van der Waals surface area contributed by atoms with Crippen LogP contribution < -0.4 is 5.73 Å². The van der Waals surface area contributed by atoms with Crippen LogP contribution in [0.2, 0.25) is 0 Å². The van der Waals surface area contributed by atoms with Crippen molar-refractivity contribution in [3.63, 3.8) is 0 Å². The molecule has 0 saturated carbocycles. The monoisotopic (exact) mass is 286 g/mol. The van der Waals surface area contributed by atoms with Gasteiger partial charge >= 0.3 is 0 Å². The zero-order valence-corrected chi connectivity index (χ0v) is 10.1. The van der Waals surface area contributed by atoms with E-state index in [0.29, 0.717) is 21.1 Å².